The molecule has 0 aliphatic rings. The van der Waals surface area contributed by atoms with E-state index >= 15 is 0 Å². The van der Waals surface area contributed by atoms with Crippen molar-refractivity contribution in [1.29, 1.82) is 0 Å². The minimum absolute atomic E-state index is 0.353. The number of nitrogens with one attached hydrogen (secondary N) is 1. The fraction of sp³-hybridized carbons (Fsp3) is 0.0476. The second-order valence-electron chi connectivity index (χ2n) is 5.80. The quantitative estimate of drug-likeness (QED) is 0.555. The molecule has 0 unspecified atom stereocenters. The third kappa shape index (κ3) is 2.78. The van der Waals surface area contributed by atoms with Crippen LogP contribution in [0.1, 0.15) is 10.4 Å². The monoisotopic (exact) mass is 328 g/mol. The molecule has 3 aromatic carbocycles. The highest BCUT2D eigenvalue weighted by molar-refractivity contribution is 6.00. The van der Waals surface area contributed by atoms with E-state index in [1.165, 1.54) is 12.5 Å². The normalized spacial score (nSPS) is 10.8. The molecule has 25 heavy (non-hydrogen) atoms. The zero-order chi connectivity index (χ0) is 17.2. The number of carbonyl (C=O) groups is 1. The van der Waals surface area contributed by atoms with Gasteiger partial charge in [-0.3, -0.25) is 5.10 Å². The third-order valence-electron chi connectivity index (χ3n) is 4.32. The molecule has 0 saturated heterocycles. The van der Waals surface area contributed by atoms with Gasteiger partial charge >= 0.3 is 5.97 Å². The lowest BCUT2D eigenvalue weighted by Crippen LogP contribution is -2.04. The Balaban J connectivity index is 1.88. The lowest BCUT2D eigenvalue weighted by molar-refractivity contribution is 0.0601. The summed E-state index contributed by atoms with van der Waals surface area (Å²) in [6.45, 7) is 0. The second kappa shape index (κ2) is 6.24. The van der Waals surface area contributed by atoms with Crippen molar-refractivity contribution in [3.05, 3.63) is 78.6 Å². The molecule has 1 heterocycles. The minimum Gasteiger partial charge on any atom is -0.465 e. The topological polar surface area (TPSA) is 55.0 Å². The molecule has 0 saturated carbocycles. The Morgan fingerprint density at radius 2 is 1.72 bits per heavy atom. The molecule has 4 aromatic rings. The van der Waals surface area contributed by atoms with E-state index < -0.39 is 0 Å². The number of aromatic amines is 1. The number of hydrogen-bond donors (Lipinski definition) is 1. The Bertz CT molecular complexity index is 1050. The summed E-state index contributed by atoms with van der Waals surface area (Å²) in [6, 6.07) is 20.1. The van der Waals surface area contributed by atoms with Crippen molar-refractivity contribution in [2.45, 2.75) is 0 Å². The van der Waals surface area contributed by atoms with Crippen LogP contribution in [0.3, 0.4) is 0 Å². The summed E-state index contributed by atoms with van der Waals surface area (Å²) < 4.78 is 5.00. The molecule has 0 radical (unpaired) electrons. The van der Waals surface area contributed by atoms with Gasteiger partial charge in [0.05, 0.1) is 18.9 Å². The number of hydrogen-bond acceptors (Lipinski definition) is 3. The van der Waals surface area contributed by atoms with Gasteiger partial charge in [-0.2, -0.15) is 5.10 Å². The molecule has 0 amide bonds. The Hall–Kier alpha value is -3.40. The lowest BCUT2D eigenvalue weighted by atomic mass is 9.94. The van der Waals surface area contributed by atoms with Gasteiger partial charge in [0.25, 0.3) is 0 Å². The van der Waals surface area contributed by atoms with E-state index in [2.05, 4.69) is 34.5 Å². The fourth-order valence-electron chi connectivity index (χ4n) is 3.02. The number of esters is 1. The molecule has 122 valence electrons. The van der Waals surface area contributed by atoms with Crippen molar-refractivity contribution < 1.29 is 9.53 Å². The number of aromatic nitrogens is 2. The Kier molecular flexibility index (Phi) is 3.78. The summed E-state index contributed by atoms with van der Waals surface area (Å²) in [6.07, 6.45) is 3.53. The molecule has 4 heteroatoms. The van der Waals surface area contributed by atoms with Gasteiger partial charge in [-0.1, -0.05) is 48.5 Å². The van der Waals surface area contributed by atoms with Gasteiger partial charge in [0.1, 0.15) is 0 Å². The van der Waals surface area contributed by atoms with Crippen LogP contribution < -0.4 is 0 Å². The van der Waals surface area contributed by atoms with E-state index in [0.29, 0.717) is 5.56 Å². The van der Waals surface area contributed by atoms with Gasteiger partial charge < -0.3 is 4.74 Å². The average molecular weight is 328 g/mol. The van der Waals surface area contributed by atoms with E-state index in [1.807, 2.05) is 36.4 Å². The molecule has 0 fully saturated rings. The number of nitrogens with zero attached hydrogens (tertiary/aromatic N) is 1. The number of fused-ring (bicyclic) bond motifs is 1. The van der Waals surface area contributed by atoms with Gasteiger partial charge in [-0.25, -0.2) is 4.79 Å². The first-order valence-corrected chi connectivity index (χ1v) is 7.97. The van der Waals surface area contributed by atoms with Crippen molar-refractivity contribution in [3.63, 3.8) is 0 Å². The number of methoxy groups -OCH3 is 1. The number of H-pyrrole nitrogens is 1. The molecule has 1 N–H and O–H groups in total. The molecule has 4 nitrogen and oxygen atoms in total. The van der Waals surface area contributed by atoms with Crippen LogP contribution in [-0.2, 0) is 4.74 Å². The van der Waals surface area contributed by atoms with Gasteiger partial charge in [0.15, 0.2) is 0 Å². The van der Waals surface area contributed by atoms with Crippen LogP contribution >= 0.6 is 0 Å². The standard InChI is InChI=1S/C21H16N2O2/c1-25-21(24)20-11-16(18-12-22-23-13-18)8-9-19(20)17-7-6-14-4-2-3-5-15(14)10-17/h2-13H,1H3,(H,22,23). The highest BCUT2D eigenvalue weighted by Gasteiger charge is 2.15. The smallest absolute Gasteiger partial charge is 0.338 e. The van der Waals surface area contributed by atoms with Crippen LogP contribution in [0.25, 0.3) is 33.0 Å². The van der Waals surface area contributed by atoms with Gasteiger partial charge in [-0.05, 0) is 39.6 Å². The Labute approximate surface area is 145 Å². The molecule has 1 aromatic heterocycles. The second-order valence-corrected chi connectivity index (χ2v) is 5.80. The number of ether oxygens (including phenoxy) is 1. The zero-order valence-corrected chi connectivity index (χ0v) is 13.7. The van der Waals surface area contributed by atoms with Crippen LogP contribution in [-0.4, -0.2) is 23.3 Å². The first kappa shape index (κ1) is 15.1. The van der Waals surface area contributed by atoms with Crippen molar-refractivity contribution >= 4 is 16.7 Å². The summed E-state index contributed by atoms with van der Waals surface area (Å²) in [5.74, 6) is -0.353. The number of carbonyl (C=O) groups excluding carboxylic acids is 1. The fourth-order valence-corrected chi connectivity index (χ4v) is 3.02. The molecule has 0 aliphatic carbocycles. The Morgan fingerprint density at radius 3 is 2.48 bits per heavy atom. The first-order chi connectivity index (χ1) is 12.3. The molecular weight excluding hydrogens is 312 g/mol. The van der Waals surface area contributed by atoms with Gasteiger partial charge in [0, 0.05) is 11.8 Å². The summed E-state index contributed by atoms with van der Waals surface area (Å²) in [5.41, 5.74) is 4.22. The molecule has 0 aliphatic heterocycles. The SMILES string of the molecule is COC(=O)c1cc(-c2cn[nH]c2)ccc1-c1ccc2ccccc2c1. The maximum absolute atomic E-state index is 12.3. The summed E-state index contributed by atoms with van der Waals surface area (Å²) in [7, 11) is 1.40. The largest absolute Gasteiger partial charge is 0.465 e. The van der Waals surface area contributed by atoms with Crippen molar-refractivity contribution in [3.8, 4) is 22.3 Å². The first-order valence-electron chi connectivity index (χ1n) is 7.97. The highest BCUT2D eigenvalue weighted by atomic mass is 16.5. The van der Waals surface area contributed by atoms with Crippen molar-refractivity contribution in [2.24, 2.45) is 0 Å². The van der Waals surface area contributed by atoms with Gasteiger partial charge in [0.2, 0.25) is 0 Å². The predicted molar refractivity (Wildman–Crippen MR) is 98.3 cm³/mol. The molecule has 0 spiro atoms. The number of benzene rings is 3. The number of rotatable bonds is 3. The average Bonchev–Trinajstić information content (AvgIpc) is 3.21. The summed E-state index contributed by atoms with van der Waals surface area (Å²) >= 11 is 0. The van der Waals surface area contributed by atoms with E-state index in [0.717, 1.165) is 27.6 Å². The maximum atomic E-state index is 12.3. The van der Waals surface area contributed by atoms with Crippen LogP contribution in [0.5, 0.6) is 0 Å². The zero-order valence-electron chi connectivity index (χ0n) is 13.7. The van der Waals surface area contributed by atoms with E-state index in [-0.39, 0.29) is 5.97 Å². The van der Waals surface area contributed by atoms with Crippen LogP contribution in [0, 0.1) is 0 Å². The highest BCUT2D eigenvalue weighted by Crippen LogP contribution is 2.31. The maximum Gasteiger partial charge on any atom is 0.338 e. The predicted octanol–water partition coefficient (Wildman–Crippen LogP) is 4.68. The summed E-state index contributed by atoms with van der Waals surface area (Å²) in [4.78, 5) is 12.3. The van der Waals surface area contributed by atoms with Gasteiger partial charge in [-0.15, -0.1) is 0 Å². The molecule has 4 rings (SSSR count). The van der Waals surface area contributed by atoms with Crippen molar-refractivity contribution in [1.82, 2.24) is 10.2 Å². The van der Waals surface area contributed by atoms with Crippen LogP contribution in [0.2, 0.25) is 0 Å². The summed E-state index contributed by atoms with van der Waals surface area (Å²) in [5, 5.41) is 9.06. The third-order valence-corrected chi connectivity index (χ3v) is 4.32. The van der Waals surface area contributed by atoms with E-state index in [4.69, 9.17) is 4.74 Å². The molecular formula is C21H16N2O2. The lowest BCUT2D eigenvalue weighted by Gasteiger charge is -2.11. The van der Waals surface area contributed by atoms with Crippen LogP contribution in [0.15, 0.2) is 73.1 Å². The van der Waals surface area contributed by atoms with Crippen LogP contribution in [0.4, 0.5) is 0 Å². The van der Waals surface area contributed by atoms with E-state index in [1.54, 1.807) is 12.4 Å². The Morgan fingerprint density at radius 1 is 0.920 bits per heavy atom. The van der Waals surface area contributed by atoms with E-state index in [9.17, 15) is 4.79 Å². The van der Waals surface area contributed by atoms with Crippen molar-refractivity contribution in [2.75, 3.05) is 7.11 Å². The minimum atomic E-state index is -0.353. The molecule has 0 bridgehead atoms. The molecule has 0 atom stereocenters.